The summed E-state index contributed by atoms with van der Waals surface area (Å²) < 4.78 is 0. The predicted molar refractivity (Wildman–Crippen MR) is 68.1 cm³/mol. The molecule has 15 heavy (non-hydrogen) atoms. The standard InChI is InChI=1S/C11H15Cl2N2/c1-9-2-3-10(8-11(9)14)15(6-4-12)7-5-13/h2-3H,4-7,14H2,1H3. The SMILES string of the molecule is Cc1ccc(N(CCCl)CCCl)[c]c1N. The molecule has 0 amide bonds. The van der Waals surface area contributed by atoms with Crippen molar-refractivity contribution < 1.29 is 0 Å². The van der Waals surface area contributed by atoms with Gasteiger partial charge in [-0.1, -0.05) is 6.07 Å². The van der Waals surface area contributed by atoms with Gasteiger partial charge in [0, 0.05) is 42.3 Å². The van der Waals surface area contributed by atoms with Crippen LogP contribution in [-0.2, 0) is 0 Å². The van der Waals surface area contributed by atoms with Crippen molar-refractivity contribution in [1.29, 1.82) is 0 Å². The number of nitrogens with zero attached hydrogens (tertiary/aromatic N) is 1. The van der Waals surface area contributed by atoms with Gasteiger partial charge in [-0.25, -0.2) is 0 Å². The Morgan fingerprint density at radius 2 is 1.87 bits per heavy atom. The van der Waals surface area contributed by atoms with Gasteiger partial charge in [-0.3, -0.25) is 0 Å². The second kappa shape index (κ2) is 6.09. The fraction of sp³-hybridized carbons (Fsp3) is 0.455. The van der Waals surface area contributed by atoms with Gasteiger partial charge in [0.05, 0.1) is 0 Å². The summed E-state index contributed by atoms with van der Waals surface area (Å²) in [6.45, 7) is 3.48. The molecule has 1 radical (unpaired) electrons. The van der Waals surface area contributed by atoms with Crippen LogP contribution in [0.15, 0.2) is 12.1 Å². The molecule has 0 aliphatic heterocycles. The number of hydrogen-bond donors (Lipinski definition) is 1. The normalized spacial score (nSPS) is 10.3. The van der Waals surface area contributed by atoms with E-state index in [9.17, 15) is 0 Å². The third-order valence-electron chi connectivity index (χ3n) is 2.23. The first-order chi connectivity index (χ1) is 7.19. The van der Waals surface area contributed by atoms with E-state index < -0.39 is 0 Å². The average molecular weight is 246 g/mol. The third-order valence-corrected chi connectivity index (χ3v) is 2.57. The lowest BCUT2D eigenvalue weighted by molar-refractivity contribution is 0.873. The van der Waals surface area contributed by atoms with E-state index in [0.29, 0.717) is 17.4 Å². The fourth-order valence-electron chi connectivity index (χ4n) is 1.31. The summed E-state index contributed by atoms with van der Waals surface area (Å²) in [6.07, 6.45) is 0. The van der Waals surface area contributed by atoms with E-state index in [4.69, 9.17) is 28.9 Å². The summed E-state index contributed by atoms with van der Waals surface area (Å²) in [5, 5.41) is 0. The van der Waals surface area contributed by atoms with E-state index in [0.717, 1.165) is 24.3 Å². The zero-order valence-corrected chi connectivity index (χ0v) is 10.3. The molecule has 0 aliphatic rings. The van der Waals surface area contributed by atoms with Gasteiger partial charge in [0.1, 0.15) is 0 Å². The molecule has 0 saturated heterocycles. The van der Waals surface area contributed by atoms with Gasteiger partial charge in [-0.2, -0.15) is 0 Å². The van der Waals surface area contributed by atoms with Crippen molar-refractivity contribution in [2.75, 3.05) is 35.5 Å². The van der Waals surface area contributed by atoms with Crippen LogP contribution < -0.4 is 10.6 Å². The highest BCUT2D eigenvalue weighted by molar-refractivity contribution is 6.18. The van der Waals surface area contributed by atoms with Crippen LogP contribution in [0.5, 0.6) is 0 Å². The van der Waals surface area contributed by atoms with Crippen molar-refractivity contribution in [1.82, 2.24) is 0 Å². The minimum atomic E-state index is 0.568. The first-order valence-electron chi connectivity index (χ1n) is 4.84. The Bertz CT molecular complexity index is 309. The van der Waals surface area contributed by atoms with Crippen molar-refractivity contribution in [3.8, 4) is 0 Å². The van der Waals surface area contributed by atoms with E-state index in [1.165, 1.54) is 0 Å². The average Bonchev–Trinajstić information content (AvgIpc) is 2.22. The van der Waals surface area contributed by atoms with Crippen LogP contribution in [-0.4, -0.2) is 24.8 Å². The van der Waals surface area contributed by atoms with E-state index in [2.05, 4.69) is 11.0 Å². The number of benzene rings is 1. The van der Waals surface area contributed by atoms with Crippen LogP contribution in [0.3, 0.4) is 0 Å². The Kier molecular flexibility index (Phi) is 5.06. The minimum Gasteiger partial charge on any atom is -0.398 e. The van der Waals surface area contributed by atoms with Crippen molar-refractivity contribution in [3.05, 3.63) is 23.8 Å². The second-order valence-electron chi connectivity index (χ2n) is 3.31. The molecule has 1 aromatic rings. The van der Waals surface area contributed by atoms with Gasteiger partial charge < -0.3 is 10.6 Å². The molecule has 83 valence electrons. The number of aryl methyl sites for hydroxylation is 1. The number of rotatable bonds is 5. The Labute approximate surface area is 101 Å². The highest BCUT2D eigenvalue weighted by Crippen LogP contribution is 2.19. The summed E-state index contributed by atoms with van der Waals surface area (Å²) in [5.74, 6) is 1.14. The van der Waals surface area contributed by atoms with E-state index in [-0.39, 0.29) is 0 Å². The summed E-state index contributed by atoms with van der Waals surface area (Å²) >= 11 is 11.4. The lowest BCUT2D eigenvalue weighted by Crippen LogP contribution is -2.27. The van der Waals surface area contributed by atoms with Crippen LogP contribution in [0, 0.1) is 13.0 Å². The second-order valence-corrected chi connectivity index (χ2v) is 4.06. The summed E-state index contributed by atoms with van der Waals surface area (Å²) in [7, 11) is 0. The summed E-state index contributed by atoms with van der Waals surface area (Å²) in [4.78, 5) is 2.08. The molecule has 0 saturated carbocycles. The van der Waals surface area contributed by atoms with Crippen LogP contribution >= 0.6 is 23.2 Å². The molecule has 1 aromatic carbocycles. The largest absolute Gasteiger partial charge is 0.398 e. The predicted octanol–water partition coefficient (Wildman–Crippen LogP) is 2.66. The van der Waals surface area contributed by atoms with Crippen LogP contribution in [0.2, 0.25) is 0 Å². The maximum atomic E-state index is 5.80. The Morgan fingerprint density at radius 3 is 2.33 bits per heavy atom. The maximum Gasteiger partial charge on any atom is 0.0469 e. The van der Waals surface area contributed by atoms with Gasteiger partial charge in [-0.05, 0) is 18.6 Å². The van der Waals surface area contributed by atoms with E-state index in [1.54, 1.807) is 0 Å². The van der Waals surface area contributed by atoms with Crippen LogP contribution in [0.25, 0.3) is 0 Å². The van der Waals surface area contributed by atoms with Crippen LogP contribution in [0.4, 0.5) is 11.4 Å². The molecule has 0 bridgehead atoms. The van der Waals surface area contributed by atoms with Gasteiger partial charge in [0.15, 0.2) is 0 Å². The molecule has 0 spiro atoms. The number of anilines is 2. The zero-order valence-electron chi connectivity index (χ0n) is 8.76. The lowest BCUT2D eigenvalue weighted by Gasteiger charge is -2.23. The summed E-state index contributed by atoms with van der Waals surface area (Å²) in [6, 6.07) is 7.11. The maximum absolute atomic E-state index is 5.80. The molecule has 0 aliphatic carbocycles. The monoisotopic (exact) mass is 245 g/mol. The number of hydrogen-bond acceptors (Lipinski definition) is 2. The van der Waals surface area contributed by atoms with Gasteiger partial charge in [-0.15, -0.1) is 23.2 Å². The molecule has 0 fully saturated rings. The summed E-state index contributed by atoms with van der Waals surface area (Å²) in [5.41, 5.74) is 8.48. The number of halogens is 2. The number of nitrogens with two attached hydrogens (primary N) is 1. The quantitative estimate of drug-likeness (QED) is 0.639. The van der Waals surface area contributed by atoms with Crippen molar-refractivity contribution in [3.63, 3.8) is 0 Å². The molecular weight excluding hydrogens is 231 g/mol. The smallest absolute Gasteiger partial charge is 0.0469 e. The van der Waals surface area contributed by atoms with E-state index in [1.807, 2.05) is 19.1 Å². The Balaban J connectivity index is 2.85. The molecule has 0 atom stereocenters. The van der Waals surface area contributed by atoms with Crippen molar-refractivity contribution in [2.24, 2.45) is 0 Å². The topological polar surface area (TPSA) is 29.3 Å². The van der Waals surface area contributed by atoms with Gasteiger partial charge in [0.25, 0.3) is 0 Å². The minimum absolute atomic E-state index is 0.568. The first kappa shape index (κ1) is 12.5. The van der Waals surface area contributed by atoms with E-state index >= 15 is 0 Å². The van der Waals surface area contributed by atoms with Crippen molar-refractivity contribution >= 4 is 34.6 Å². The van der Waals surface area contributed by atoms with Crippen molar-refractivity contribution in [2.45, 2.75) is 6.92 Å². The molecular formula is C11H15Cl2N2. The third kappa shape index (κ3) is 3.47. The number of alkyl halides is 2. The first-order valence-corrected chi connectivity index (χ1v) is 5.91. The molecule has 4 heteroatoms. The molecule has 2 nitrogen and oxygen atoms in total. The fourth-order valence-corrected chi connectivity index (χ4v) is 1.72. The molecule has 0 unspecified atom stereocenters. The lowest BCUT2D eigenvalue weighted by atomic mass is 10.1. The molecule has 0 aromatic heterocycles. The van der Waals surface area contributed by atoms with Crippen LogP contribution in [0.1, 0.15) is 5.56 Å². The molecule has 2 N–H and O–H groups in total. The van der Waals surface area contributed by atoms with Gasteiger partial charge >= 0.3 is 0 Å². The molecule has 1 rings (SSSR count). The Hall–Kier alpha value is -0.600. The number of nitrogen functional groups attached to an aromatic ring is 1. The van der Waals surface area contributed by atoms with Gasteiger partial charge in [0.2, 0.25) is 0 Å². The highest BCUT2D eigenvalue weighted by Gasteiger charge is 2.06. The highest BCUT2D eigenvalue weighted by atomic mass is 35.5. The zero-order chi connectivity index (χ0) is 11.3. The molecule has 0 heterocycles. The Morgan fingerprint density at radius 1 is 1.27 bits per heavy atom.